The van der Waals surface area contributed by atoms with Crippen molar-refractivity contribution in [2.75, 3.05) is 27.2 Å². The lowest BCUT2D eigenvalue weighted by molar-refractivity contribution is 0.261. The van der Waals surface area contributed by atoms with Crippen molar-refractivity contribution in [2.45, 2.75) is 19.3 Å². The second-order valence-electron chi connectivity index (χ2n) is 6.32. The number of pyridine rings is 1. The Morgan fingerprint density at radius 1 is 1.25 bits per heavy atom. The molecule has 3 heterocycles. The first-order chi connectivity index (χ1) is 11.5. The minimum absolute atomic E-state index is 0.461. The number of aromatic nitrogens is 3. The molecule has 24 heavy (non-hydrogen) atoms. The Morgan fingerprint density at radius 3 is 2.62 bits per heavy atom. The van der Waals surface area contributed by atoms with Crippen LogP contribution < -0.4 is 0 Å². The molecule has 8 heteroatoms. The molecule has 0 radical (unpaired) electrons. The van der Waals surface area contributed by atoms with Gasteiger partial charge in [-0.25, -0.2) is 0 Å². The van der Waals surface area contributed by atoms with E-state index in [0.717, 1.165) is 36.3 Å². The van der Waals surface area contributed by atoms with E-state index in [9.17, 15) is 8.42 Å². The molecular weight excluding hydrogens is 326 g/mol. The molecule has 1 saturated heterocycles. The lowest BCUT2D eigenvalue weighted by atomic mass is 9.93. The molecule has 0 saturated carbocycles. The predicted octanol–water partition coefficient (Wildman–Crippen LogP) is 1.53. The summed E-state index contributed by atoms with van der Waals surface area (Å²) >= 11 is 0. The van der Waals surface area contributed by atoms with Crippen molar-refractivity contribution in [1.29, 1.82) is 0 Å². The van der Waals surface area contributed by atoms with Crippen molar-refractivity contribution in [2.24, 2.45) is 5.92 Å². The van der Waals surface area contributed by atoms with Crippen molar-refractivity contribution < 1.29 is 8.42 Å². The van der Waals surface area contributed by atoms with Gasteiger partial charge in [-0.15, -0.1) is 0 Å². The van der Waals surface area contributed by atoms with Gasteiger partial charge in [0.2, 0.25) is 0 Å². The third kappa shape index (κ3) is 3.66. The van der Waals surface area contributed by atoms with E-state index >= 15 is 0 Å². The van der Waals surface area contributed by atoms with Gasteiger partial charge in [-0.2, -0.15) is 22.1 Å². The number of nitrogens with zero attached hydrogens (tertiary/aromatic N) is 4. The normalized spacial score (nSPS) is 17.5. The van der Waals surface area contributed by atoms with E-state index in [-0.39, 0.29) is 0 Å². The summed E-state index contributed by atoms with van der Waals surface area (Å²) in [4.78, 5) is 4.69. The maximum atomic E-state index is 12.2. The second-order valence-corrected chi connectivity index (χ2v) is 8.46. The van der Waals surface area contributed by atoms with Crippen LogP contribution in [0.1, 0.15) is 18.5 Å². The van der Waals surface area contributed by atoms with Gasteiger partial charge in [0.15, 0.2) is 0 Å². The molecule has 0 spiro atoms. The molecule has 3 rings (SSSR count). The van der Waals surface area contributed by atoms with Crippen molar-refractivity contribution in [1.82, 2.24) is 23.8 Å². The number of hydrogen-bond acceptors (Lipinski definition) is 4. The zero-order valence-electron chi connectivity index (χ0n) is 14.0. The molecule has 130 valence electrons. The third-order valence-corrected chi connectivity index (χ3v) is 6.38. The molecule has 0 amide bonds. The van der Waals surface area contributed by atoms with Crippen LogP contribution in [0.4, 0.5) is 0 Å². The summed E-state index contributed by atoms with van der Waals surface area (Å²) in [5.41, 5.74) is 2.83. The lowest BCUT2D eigenvalue weighted by Gasteiger charge is -2.32. The maximum absolute atomic E-state index is 12.2. The van der Waals surface area contributed by atoms with Crippen molar-refractivity contribution in [3.8, 4) is 11.4 Å². The largest absolute Gasteiger partial charge is 0.281 e. The average molecular weight is 349 g/mol. The van der Waals surface area contributed by atoms with E-state index < -0.39 is 10.2 Å². The van der Waals surface area contributed by atoms with Crippen LogP contribution in [-0.4, -0.2) is 59.4 Å². The van der Waals surface area contributed by atoms with Gasteiger partial charge in [0.05, 0.1) is 11.4 Å². The highest BCUT2D eigenvalue weighted by atomic mass is 32.2. The van der Waals surface area contributed by atoms with E-state index in [0.29, 0.717) is 19.0 Å². The van der Waals surface area contributed by atoms with E-state index in [1.54, 1.807) is 24.6 Å². The third-order valence-electron chi connectivity index (χ3n) is 4.44. The summed E-state index contributed by atoms with van der Waals surface area (Å²) in [6.45, 7) is 1.15. The first-order valence-corrected chi connectivity index (χ1v) is 9.50. The van der Waals surface area contributed by atoms with Crippen molar-refractivity contribution >= 4 is 10.2 Å². The zero-order chi connectivity index (χ0) is 17.2. The molecule has 1 fully saturated rings. The summed E-state index contributed by atoms with van der Waals surface area (Å²) < 4.78 is 27.2. The Morgan fingerprint density at radius 2 is 2.00 bits per heavy atom. The van der Waals surface area contributed by atoms with Crippen LogP contribution in [0.5, 0.6) is 0 Å². The first-order valence-electron chi connectivity index (χ1n) is 8.10. The fourth-order valence-electron chi connectivity index (χ4n) is 3.01. The number of rotatable bonds is 5. The first kappa shape index (κ1) is 17.1. The summed E-state index contributed by atoms with van der Waals surface area (Å²) in [5.74, 6) is 0.461. The highest BCUT2D eigenvalue weighted by molar-refractivity contribution is 7.86. The summed E-state index contributed by atoms with van der Waals surface area (Å²) in [5, 5.41) is 6.88. The molecule has 1 N–H and O–H groups in total. The molecular formula is C16H23N5O2S. The number of H-pyrrole nitrogens is 1. The number of piperidine rings is 1. The van der Waals surface area contributed by atoms with E-state index in [1.807, 2.05) is 24.3 Å². The average Bonchev–Trinajstić information content (AvgIpc) is 3.10. The van der Waals surface area contributed by atoms with Crippen molar-refractivity contribution in [3.63, 3.8) is 0 Å². The van der Waals surface area contributed by atoms with Crippen LogP contribution in [0, 0.1) is 5.92 Å². The van der Waals surface area contributed by atoms with Crippen molar-refractivity contribution in [3.05, 3.63) is 36.2 Å². The van der Waals surface area contributed by atoms with E-state index in [1.165, 1.54) is 4.31 Å². The summed E-state index contributed by atoms with van der Waals surface area (Å²) in [6.07, 6.45) is 4.31. The highest BCUT2D eigenvalue weighted by Gasteiger charge is 2.29. The number of aromatic amines is 1. The molecule has 2 aromatic heterocycles. The second kappa shape index (κ2) is 7.00. The van der Waals surface area contributed by atoms with Crippen LogP contribution >= 0.6 is 0 Å². The zero-order valence-corrected chi connectivity index (χ0v) is 14.8. The highest BCUT2D eigenvalue weighted by Crippen LogP contribution is 2.24. The Hall–Kier alpha value is -1.77. The molecule has 0 bridgehead atoms. The van der Waals surface area contributed by atoms with Gasteiger partial charge >= 0.3 is 0 Å². The minimum atomic E-state index is -3.29. The standard InChI is InChI=1S/C16H23N5O2S/c1-20(2)24(22,23)21-10-7-13(8-11-21)12-14-4-3-5-15(18-14)16-6-9-17-19-16/h3-6,9,13H,7-8,10-12H2,1-2H3,(H,17,19). The van der Waals surface area contributed by atoms with Gasteiger partial charge in [0.25, 0.3) is 10.2 Å². The van der Waals surface area contributed by atoms with Gasteiger partial charge in [-0.3, -0.25) is 10.1 Å². The molecule has 1 aliphatic heterocycles. The van der Waals surface area contributed by atoms with Gasteiger partial charge in [-0.05, 0) is 43.4 Å². The number of nitrogens with one attached hydrogen (secondary N) is 1. The fourth-order valence-corrected chi connectivity index (χ4v) is 4.15. The quantitative estimate of drug-likeness (QED) is 0.887. The Balaban J connectivity index is 1.62. The van der Waals surface area contributed by atoms with Crippen LogP contribution in [0.2, 0.25) is 0 Å². The van der Waals surface area contributed by atoms with Crippen LogP contribution in [0.25, 0.3) is 11.4 Å². The molecule has 7 nitrogen and oxygen atoms in total. The van der Waals surface area contributed by atoms with Crippen LogP contribution in [0.3, 0.4) is 0 Å². The molecule has 0 aliphatic carbocycles. The Kier molecular flexibility index (Phi) is 4.98. The predicted molar refractivity (Wildman–Crippen MR) is 92.4 cm³/mol. The van der Waals surface area contributed by atoms with Gasteiger partial charge < -0.3 is 0 Å². The SMILES string of the molecule is CN(C)S(=O)(=O)N1CCC(Cc2cccc(-c3ccn[nH]3)n2)CC1. The maximum Gasteiger partial charge on any atom is 0.281 e. The minimum Gasteiger partial charge on any atom is -0.276 e. The Labute approximate surface area is 142 Å². The lowest BCUT2D eigenvalue weighted by Crippen LogP contribution is -2.44. The molecule has 0 unspecified atom stereocenters. The van der Waals surface area contributed by atoms with Gasteiger partial charge in [0, 0.05) is 39.1 Å². The molecule has 1 aliphatic rings. The molecule has 0 aromatic carbocycles. The smallest absolute Gasteiger partial charge is 0.276 e. The van der Waals surface area contributed by atoms with Crippen LogP contribution in [0.15, 0.2) is 30.5 Å². The number of hydrogen-bond donors (Lipinski definition) is 1. The molecule has 2 aromatic rings. The van der Waals surface area contributed by atoms with Gasteiger partial charge in [0.1, 0.15) is 0 Å². The van der Waals surface area contributed by atoms with Crippen LogP contribution in [-0.2, 0) is 16.6 Å². The summed E-state index contributed by atoms with van der Waals surface area (Å²) in [7, 11) is -0.141. The van der Waals surface area contributed by atoms with Gasteiger partial charge in [-0.1, -0.05) is 6.07 Å². The summed E-state index contributed by atoms with van der Waals surface area (Å²) in [6, 6.07) is 7.90. The van der Waals surface area contributed by atoms with E-state index in [2.05, 4.69) is 10.2 Å². The monoisotopic (exact) mass is 349 g/mol. The fraction of sp³-hybridized carbons (Fsp3) is 0.500. The van der Waals surface area contributed by atoms with E-state index in [4.69, 9.17) is 4.98 Å². The Bertz CT molecular complexity index is 766. The molecule has 0 atom stereocenters. The topological polar surface area (TPSA) is 82.2 Å².